The van der Waals surface area contributed by atoms with Crippen molar-refractivity contribution in [1.82, 2.24) is 0 Å². The first-order valence-corrected chi connectivity index (χ1v) is 52.8. The Morgan fingerprint density at radius 2 is 0.477 bits per heavy atom. The smallest absolute Gasteiger partial charge is 0.189 e. The van der Waals surface area contributed by atoms with E-state index < -0.39 is 12.6 Å². The Kier molecular flexibility index (Phi) is 71.8. The molecule has 0 radical (unpaired) electrons. The zero-order valence-electron chi connectivity index (χ0n) is 88.4. The Labute approximate surface area is 794 Å². The van der Waals surface area contributed by atoms with E-state index in [1.165, 1.54) is 121 Å². The summed E-state index contributed by atoms with van der Waals surface area (Å²) in [5.74, 6) is 2.98. The Morgan fingerprint density at radius 1 is 0.238 bits per heavy atom. The molecule has 20 atom stereocenters. The zero-order valence-corrected chi connectivity index (χ0v) is 88.4. The van der Waals surface area contributed by atoms with E-state index in [0.717, 1.165) is 41.4 Å². The van der Waals surface area contributed by atoms with Crippen LogP contribution in [-0.4, -0.2) is 282 Å². The number of rotatable bonds is 49. The maximum atomic E-state index is 5.90. The van der Waals surface area contributed by atoms with Crippen molar-refractivity contribution in [3.8, 4) is 0 Å². The molecule has 1 aromatic rings. The largest absolute Gasteiger partial charge is 0.376 e. The fraction of sp³-hybridized carbons (Fsp3) is 0.943. The minimum atomic E-state index is -0.514. The highest BCUT2D eigenvalue weighted by atomic mass is 16.8. The lowest BCUT2D eigenvalue weighted by Crippen LogP contribution is -2.61. The highest BCUT2D eigenvalue weighted by molar-refractivity contribution is 5.26. The standard InChI is InChI=1S/C20H38.C18H28.C15H30O6.3C13H26O5.C11H22O4.C2H6/c1-5-19(6-2)13-9-17(10-14-19)18-11-15-20(7-3,8-4)16-12-18;1-4-15-7-9-16(10-8-15)17-11-13-18(5-2,6-3)14-12-17;1-6-16-11-12(17-7-2)14(19-9-4)21-15(20-10-5)13(11)18-8-3;3*1-5-14-10-9-18-13(17-8-4)12(16-7-3)11(10)15-6-2;1-4-12-9-7-11(14-6-3)15-8-10(9)13-5-2;1-2/h17-18H,5-16H2,1-4H3;7-10,17H,4-6,11-14H2,1-3H3;11-15H,6-10H2,1-5H3;3*10-13H,5-9H2,1-4H3;9-11H,4-8H2,1-3H3;1-2H3/t;;11?,12-,13+,14-,15-;10-,11+,12-,13?;10-,11-,12+,13?;10-,11-,12+,13-;9-,10+,11?;/m..01110./s1. The topological polar surface area (TPSA) is 231 Å². The van der Waals surface area contributed by atoms with Crippen LogP contribution in [0.3, 0.4) is 0 Å². The van der Waals surface area contributed by atoms with Crippen LogP contribution < -0.4 is 0 Å². The molecular formula is C105H202O25. The second-order valence-corrected chi connectivity index (χ2v) is 34.1. The van der Waals surface area contributed by atoms with E-state index in [9.17, 15) is 0 Å². The lowest BCUT2D eigenvalue weighted by atomic mass is 9.60. The molecule has 5 heterocycles. The summed E-state index contributed by atoms with van der Waals surface area (Å²) in [6.45, 7) is 73.9. The summed E-state index contributed by atoms with van der Waals surface area (Å²) in [5.41, 5.74) is 5.16. The third-order valence-corrected chi connectivity index (χ3v) is 27.3. The number of hydrogen-bond acceptors (Lipinski definition) is 25. The summed E-state index contributed by atoms with van der Waals surface area (Å²) in [6.07, 6.45) is 23.7. The normalized spacial score (nSPS) is 29.7. The average Bonchev–Trinajstić information content (AvgIpc) is 0.775. The SMILES string of the molecule is CC.CCC1(CC)CCC(C2CCC(CC)(CC)CC2)CC1.CCOC1C[C@H](OCC)[C@H](OCC)CO1.CCOC1OC[C@@H](OCC)[C@@H](OCC)[C@@H]1OCC.CCOC1OC[C@@H](OCC)[C@H](OCC)[C@H]1OCC.CCOC1[C@@H](OCC)[C@@H](OCC)O[C@H](OCC)[C@H]1OCC.CCO[C@@H]1OC[C@@H](OCC)[C@@H](OCC)[C@@H]1OCC.CCc1ccc(C2CCC(CC)(CC)CC2)cc1. The van der Waals surface area contributed by atoms with Gasteiger partial charge in [-0.3, -0.25) is 0 Å². The van der Waals surface area contributed by atoms with Crippen LogP contribution in [0.15, 0.2) is 24.3 Å². The van der Waals surface area contributed by atoms with Crippen LogP contribution in [0, 0.1) is 28.1 Å². The Hall–Kier alpha value is -1.78. The van der Waals surface area contributed by atoms with Gasteiger partial charge in [0, 0.05) is 139 Å². The summed E-state index contributed by atoms with van der Waals surface area (Å²) in [5, 5.41) is 0. The molecule has 130 heavy (non-hydrogen) atoms. The summed E-state index contributed by atoms with van der Waals surface area (Å²) in [6, 6.07) is 9.37. The monoisotopic (exact) mass is 1860 g/mol. The molecule has 0 aromatic heterocycles. The van der Waals surface area contributed by atoms with E-state index in [-0.39, 0.29) is 111 Å². The van der Waals surface area contributed by atoms with Crippen molar-refractivity contribution in [2.45, 2.75) is 458 Å². The molecule has 1 aromatic carbocycles. The van der Waals surface area contributed by atoms with E-state index in [1.807, 2.05) is 152 Å². The van der Waals surface area contributed by atoms with Crippen LogP contribution in [0.5, 0.6) is 0 Å². The maximum Gasteiger partial charge on any atom is 0.189 e. The minimum Gasteiger partial charge on any atom is -0.376 e. The lowest BCUT2D eigenvalue weighted by Gasteiger charge is -2.46. The summed E-state index contributed by atoms with van der Waals surface area (Å²) in [7, 11) is 0. The van der Waals surface area contributed by atoms with Crippen molar-refractivity contribution < 1.29 is 118 Å². The number of benzene rings is 1. The average molecular weight is 1860 g/mol. The first-order valence-electron chi connectivity index (χ1n) is 52.8. The molecule has 0 N–H and O–H groups in total. The first kappa shape index (κ1) is 124. The quantitative estimate of drug-likeness (QED) is 0.0590. The lowest BCUT2D eigenvalue weighted by molar-refractivity contribution is -0.363. The molecule has 5 aliphatic heterocycles. The predicted molar refractivity (Wildman–Crippen MR) is 519 cm³/mol. The molecule has 0 spiro atoms. The van der Waals surface area contributed by atoms with Crippen LogP contribution in [0.1, 0.15) is 340 Å². The molecule has 5 saturated heterocycles. The van der Waals surface area contributed by atoms with Crippen molar-refractivity contribution in [2.24, 2.45) is 28.1 Å². The Bertz CT molecular complexity index is 2440. The number of ether oxygens (including phenoxy) is 25. The van der Waals surface area contributed by atoms with Crippen molar-refractivity contribution in [2.75, 3.05) is 159 Å². The highest BCUT2D eigenvalue weighted by Gasteiger charge is 2.51. The predicted octanol–water partition coefficient (Wildman–Crippen LogP) is 22.0. The summed E-state index contributed by atoms with van der Waals surface area (Å²) >= 11 is 0. The minimum absolute atomic E-state index is 0.0478. The number of aryl methyl sites for hydroxylation is 1. The van der Waals surface area contributed by atoms with Gasteiger partial charge in [0.15, 0.2) is 37.7 Å². The van der Waals surface area contributed by atoms with Gasteiger partial charge in [-0.2, -0.15) is 0 Å². The molecular weight excluding hydrogens is 1660 g/mol. The molecule has 772 valence electrons. The zero-order chi connectivity index (χ0) is 96.6. The van der Waals surface area contributed by atoms with E-state index in [4.69, 9.17) is 118 Å². The van der Waals surface area contributed by atoms with Crippen LogP contribution >= 0.6 is 0 Å². The van der Waals surface area contributed by atoms with Gasteiger partial charge in [-0.1, -0.05) is 125 Å². The maximum absolute atomic E-state index is 5.90. The van der Waals surface area contributed by atoms with Crippen LogP contribution in [0.2, 0.25) is 0 Å². The van der Waals surface area contributed by atoms with Crippen molar-refractivity contribution in [3.63, 3.8) is 0 Å². The van der Waals surface area contributed by atoms with Crippen LogP contribution in [-0.2, 0) is 125 Å². The molecule has 25 heteroatoms. The van der Waals surface area contributed by atoms with Crippen molar-refractivity contribution >= 4 is 0 Å². The van der Waals surface area contributed by atoms with Gasteiger partial charge in [0.05, 0.1) is 32.5 Å². The van der Waals surface area contributed by atoms with Crippen LogP contribution in [0.4, 0.5) is 0 Å². The third-order valence-electron chi connectivity index (χ3n) is 27.3. The molecule has 0 bridgehead atoms. The fourth-order valence-corrected chi connectivity index (χ4v) is 19.7. The first-order chi connectivity index (χ1) is 63.2. The van der Waals surface area contributed by atoms with Gasteiger partial charge < -0.3 is 118 Å². The van der Waals surface area contributed by atoms with E-state index in [0.29, 0.717) is 164 Å². The molecule has 8 aliphatic rings. The molecule has 9 rings (SSSR count). The van der Waals surface area contributed by atoms with Crippen molar-refractivity contribution in [3.05, 3.63) is 35.4 Å². The molecule has 3 saturated carbocycles. The second-order valence-electron chi connectivity index (χ2n) is 34.1. The van der Waals surface area contributed by atoms with Gasteiger partial charge in [-0.25, -0.2) is 0 Å². The van der Waals surface area contributed by atoms with E-state index in [2.05, 4.69) is 72.7 Å². The van der Waals surface area contributed by atoms with Gasteiger partial charge >= 0.3 is 0 Å². The summed E-state index contributed by atoms with van der Waals surface area (Å²) in [4.78, 5) is 0. The van der Waals surface area contributed by atoms with Gasteiger partial charge in [0.2, 0.25) is 0 Å². The molecule has 25 nitrogen and oxygen atoms in total. The second kappa shape index (κ2) is 75.2. The molecule has 0 amide bonds. The molecule has 3 aliphatic carbocycles. The molecule has 8 fully saturated rings. The summed E-state index contributed by atoms with van der Waals surface area (Å²) < 4.78 is 142. The van der Waals surface area contributed by atoms with Gasteiger partial charge in [-0.05, 0) is 267 Å². The van der Waals surface area contributed by atoms with E-state index >= 15 is 0 Å². The van der Waals surface area contributed by atoms with Crippen molar-refractivity contribution in [1.29, 1.82) is 0 Å². The van der Waals surface area contributed by atoms with Crippen LogP contribution in [0.25, 0.3) is 0 Å². The highest BCUT2D eigenvalue weighted by Crippen LogP contribution is 2.52. The molecule has 4 unspecified atom stereocenters. The Morgan fingerprint density at radius 3 is 0.754 bits per heavy atom. The third kappa shape index (κ3) is 42.3. The van der Waals surface area contributed by atoms with Gasteiger partial charge in [-0.15, -0.1) is 0 Å². The Balaban J connectivity index is 0.000000512. The fourth-order valence-electron chi connectivity index (χ4n) is 19.7. The number of hydrogen-bond donors (Lipinski definition) is 0. The van der Waals surface area contributed by atoms with E-state index in [1.54, 1.807) is 5.56 Å². The van der Waals surface area contributed by atoms with Gasteiger partial charge in [0.1, 0.15) is 79.4 Å². The van der Waals surface area contributed by atoms with Gasteiger partial charge in [0.25, 0.3) is 0 Å².